The predicted octanol–water partition coefficient (Wildman–Crippen LogP) is 3.68. The monoisotopic (exact) mass is 241 g/mol. The first-order chi connectivity index (χ1) is 8.23. The lowest BCUT2D eigenvalue weighted by Crippen LogP contribution is -2.42. The van der Waals surface area contributed by atoms with Gasteiger partial charge in [-0.3, -0.25) is 0 Å². The average Bonchev–Trinajstić information content (AvgIpc) is 2.41. The van der Waals surface area contributed by atoms with E-state index < -0.39 is 5.60 Å². The summed E-state index contributed by atoms with van der Waals surface area (Å²) in [7, 11) is 0. The van der Waals surface area contributed by atoms with Crippen molar-refractivity contribution in [3.05, 3.63) is 23.8 Å². The number of allylic oxidation sites excluding steroid dienone is 2. The Hall–Kier alpha value is -0.600. The first-order valence-electron chi connectivity index (χ1n) is 6.95. The molecule has 1 aliphatic heterocycles. The molecule has 0 saturated carbocycles. The summed E-state index contributed by atoms with van der Waals surface area (Å²) in [5.41, 5.74) is 0.462. The molecule has 1 rings (SSSR count). The van der Waals surface area contributed by atoms with Gasteiger partial charge in [0.25, 0.3) is 0 Å². The molecule has 0 aromatic rings. The number of piperidine rings is 1. The lowest BCUT2D eigenvalue weighted by atomic mass is 9.84. The van der Waals surface area contributed by atoms with Crippen molar-refractivity contribution in [1.82, 2.24) is 5.32 Å². The van der Waals surface area contributed by atoms with E-state index in [1.54, 1.807) is 0 Å². The summed E-state index contributed by atoms with van der Waals surface area (Å²) in [6.45, 7) is 13.8. The van der Waals surface area contributed by atoms with Crippen molar-refractivity contribution >= 4 is 0 Å². The summed E-state index contributed by atoms with van der Waals surface area (Å²) >= 11 is 0. The van der Waals surface area contributed by atoms with E-state index in [4.69, 9.17) is 0 Å². The van der Waals surface area contributed by atoms with Crippen molar-refractivity contribution in [2.45, 2.75) is 60.0 Å². The van der Waals surface area contributed by atoms with Gasteiger partial charge in [0.05, 0.1) is 5.60 Å². The number of aliphatic hydroxyl groups is 1. The third-order valence-corrected chi connectivity index (χ3v) is 2.63. The van der Waals surface area contributed by atoms with Gasteiger partial charge in [0, 0.05) is 0 Å². The van der Waals surface area contributed by atoms with Crippen molar-refractivity contribution in [1.29, 1.82) is 0 Å². The van der Waals surface area contributed by atoms with Crippen LogP contribution in [0.25, 0.3) is 0 Å². The molecule has 2 heteroatoms. The van der Waals surface area contributed by atoms with Crippen LogP contribution in [0.5, 0.6) is 0 Å². The van der Waals surface area contributed by atoms with Gasteiger partial charge in [0.15, 0.2) is 0 Å². The maximum atomic E-state index is 10.3. The molecule has 0 aliphatic carbocycles. The Kier molecular flexibility index (Phi) is 13.1. The van der Waals surface area contributed by atoms with Gasteiger partial charge in [-0.2, -0.15) is 0 Å². The Bertz CT molecular complexity index is 213. The molecule has 0 aromatic carbocycles. The molecule has 1 heterocycles. The SMILES string of the molecule is C/C=C\C(=C/C)C1(O)CCNCC1.CC.CC. The van der Waals surface area contributed by atoms with Crippen LogP contribution in [0, 0.1) is 0 Å². The fraction of sp³-hybridized carbons (Fsp3) is 0.733. The van der Waals surface area contributed by atoms with E-state index in [9.17, 15) is 5.11 Å². The minimum atomic E-state index is -0.591. The number of nitrogens with one attached hydrogen (secondary N) is 1. The molecule has 0 radical (unpaired) electrons. The zero-order valence-electron chi connectivity index (χ0n) is 12.5. The molecule has 0 atom stereocenters. The van der Waals surface area contributed by atoms with Crippen molar-refractivity contribution in [2.24, 2.45) is 0 Å². The maximum Gasteiger partial charge on any atom is 0.0917 e. The fourth-order valence-corrected chi connectivity index (χ4v) is 1.83. The zero-order valence-corrected chi connectivity index (χ0v) is 12.5. The first-order valence-corrected chi connectivity index (χ1v) is 6.95. The zero-order chi connectivity index (χ0) is 13.7. The Morgan fingerprint density at radius 3 is 1.88 bits per heavy atom. The highest BCUT2D eigenvalue weighted by Crippen LogP contribution is 2.27. The van der Waals surface area contributed by atoms with Crippen LogP contribution in [0.2, 0.25) is 0 Å². The van der Waals surface area contributed by atoms with Gasteiger partial charge < -0.3 is 10.4 Å². The van der Waals surface area contributed by atoms with E-state index in [-0.39, 0.29) is 0 Å². The highest BCUT2D eigenvalue weighted by Gasteiger charge is 2.31. The molecule has 102 valence electrons. The molecule has 0 amide bonds. The molecular weight excluding hydrogens is 210 g/mol. The lowest BCUT2D eigenvalue weighted by Gasteiger charge is -2.33. The van der Waals surface area contributed by atoms with Crippen LogP contribution >= 0.6 is 0 Å². The lowest BCUT2D eigenvalue weighted by molar-refractivity contribution is 0.0495. The molecule has 0 aromatic heterocycles. The largest absolute Gasteiger partial charge is 0.385 e. The second-order valence-electron chi connectivity index (χ2n) is 3.53. The molecule has 17 heavy (non-hydrogen) atoms. The van der Waals surface area contributed by atoms with Gasteiger partial charge in [-0.1, -0.05) is 45.9 Å². The molecule has 0 unspecified atom stereocenters. The molecular formula is C15H31NO. The number of rotatable bonds is 2. The fourth-order valence-electron chi connectivity index (χ4n) is 1.83. The molecule has 1 aliphatic rings. The second kappa shape index (κ2) is 11.9. The van der Waals surface area contributed by atoms with Gasteiger partial charge in [-0.25, -0.2) is 0 Å². The van der Waals surface area contributed by atoms with Crippen molar-refractivity contribution in [2.75, 3.05) is 13.1 Å². The van der Waals surface area contributed by atoms with Crippen molar-refractivity contribution in [3.8, 4) is 0 Å². The Labute approximate surface area is 108 Å². The Morgan fingerprint density at radius 2 is 1.53 bits per heavy atom. The summed E-state index contributed by atoms with van der Waals surface area (Å²) in [5, 5.41) is 13.6. The van der Waals surface area contributed by atoms with E-state index in [1.807, 2.05) is 59.8 Å². The second-order valence-corrected chi connectivity index (χ2v) is 3.53. The minimum absolute atomic E-state index is 0.591. The summed E-state index contributed by atoms with van der Waals surface area (Å²) in [5.74, 6) is 0. The van der Waals surface area contributed by atoms with Crippen molar-refractivity contribution in [3.63, 3.8) is 0 Å². The quantitative estimate of drug-likeness (QED) is 0.723. The normalized spacial score (nSPS) is 18.9. The van der Waals surface area contributed by atoms with Gasteiger partial charge >= 0.3 is 0 Å². The third kappa shape index (κ3) is 6.64. The van der Waals surface area contributed by atoms with E-state index in [0.717, 1.165) is 31.5 Å². The third-order valence-electron chi connectivity index (χ3n) is 2.63. The van der Waals surface area contributed by atoms with Crippen LogP contribution in [0.4, 0.5) is 0 Å². The molecule has 1 fully saturated rings. The summed E-state index contributed by atoms with van der Waals surface area (Å²) in [4.78, 5) is 0. The van der Waals surface area contributed by atoms with E-state index in [1.165, 1.54) is 0 Å². The van der Waals surface area contributed by atoms with Gasteiger partial charge in [0.2, 0.25) is 0 Å². The first kappa shape index (κ1) is 18.8. The van der Waals surface area contributed by atoms with Gasteiger partial charge in [-0.15, -0.1) is 0 Å². The number of hydrogen-bond donors (Lipinski definition) is 2. The van der Waals surface area contributed by atoms with Crippen LogP contribution < -0.4 is 5.32 Å². The average molecular weight is 241 g/mol. The molecule has 1 saturated heterocycles. The number of hydrogen-bond acceptors (Lipinski definition) is 2. The predicted molar refractivity (Wildman–Crippen MR) is 78.3 cm³/mol. The van der Waals surface area contributed by atoms with Crippen LogP contribution in [-0.2, 0) is 0 Å². The molecule has 2 nitrogen and oxygen atoms in total. The van der Waals surface area contributed by atoms with E-state index in [0.29, 0.717) is 0 Å². The molecule has 0 spiro atoms. The summed E-state index contributed by atoms with van der Waals surface area (Å²) < 4.78 is 0. The highest BCUT2D eigenvalue weighted by molar-refractivity contribution is 5.28. The maximum absolute atomic E-state index is 10.3. The Morgan fingerprint density at radius 1 is 1.06 bits per heavy atom. The smallest absolute Gasteiger partial charge is 0.0917 e. The standard InChI is InChI=1S/C11H19NO.2C2H6/c1-3-5-10(4-2)11(13)6-8-12-9-7-11;2*1-2/h3-5,12-13H,6-9H2,1-2H3;2*1-2H3/b5-3-,10-4+;;. The van der Waals surface area contributed by atoms with Gasteiger partial charge in [0.1, 0.15) is 0 Å². The van der Waals surface area contributed by atoms with Crippen LogP contribution in [0.1, 0.15) is 54.4 Å². The van der Waals surface area contributed by atoms with E-state index in [2.05, 4.69) is 5.32 Å². The summed E-state index contributed by atoms with van der Waals surface area (Å²) in [6.07, 6.45) is 7.63. The van der Waals surface area contributed by atoms with Gasteiger partial charge in [-0.05, 0) is 45.4 Å². The Balaban J connectivity index is 0. The highest BCUT2D eigenvalue weighted by atomic mass is 16.3. The van der Waals surface area contributed by atoms with Crippen LogP contribution in [-0.4, -0.2) is 23.8 Å². The van der Waals surface area contributed by atoms with Crippen molar-refractivity contribution < 1.29 is 5.11 Å². The van der Waals surface area contributed by atoms with Crippen LogP contribution in [0.15, 0.2) is 23.8 Å². The van der Waals surface area contributed by atoms with Crippen LogP contribution in [0.3, 0.4) is 0 Å². The molecule has 0 bridgehead atoms. The summed E-state index contributed by atoms with van der Waals surface area (Å²) in [6, 6.07) is 0. The topological polar surface area (TPSA) is 32.3 Å². The minimum Gasteiger partial charge on any atom is -0.385 e. The molecule has 2 N–H and O–H groups in total. The van der Waals surface area contributed by atoms with E-state index >= 15 is 0 Å².